The van der Waals surface area contributed by atoms with Crippen molar-refractivity contribution in [3.05, 3.63) is 23.2 Å². The van der Waals surface area contributed by atoms with Gasteiger partial charge in [-0.1, -0.05) is 11.6 Å². The number of anilines is 2. The molecule has 1 saturated heterocycles. The lowest BCUT2D eigenvalue weighted by Gasteiger charge is -2.17. The van der Waals surface area contributed by atoms with E-state index in [1.165, 1.54) is 12.1 Å². The summed E-state index contributed by atoms with van der Waals surface area (Å²) < 4.78 is 40.1. The van der Waals surface area contributed by atoms with Crippen LogP contribution in [0.2, 0.25) is 5.02 Å². The fourth-order valence-electron chi connectivity index (χ4n) is 2.14. The van der Waals surface area contributed by atoms with Crippen LogP contribution in [-0.4, -0.2) is 37.7 Å². The topological polar surface area (TPSA) is 58.6 Å². The summed E-state index contributed by atoms with van der Waals surface area (Å²) in [4.78, 5) is 24.9. The number of nitrogens with zero attached hydrogens (tertiary/aromatic N) is 1. The summed E-state index contributed by atoms with van der Waals surface area (Å²) in [5.41, 5.74) is 0.785. The molecule has 2 amide bonds. The molecular weight excluding hydrogens is 337 g/mol. The maximum absolute atomic E-state index is 11.9. The number of amides is 2. The summed E-state index contributed by atoms with van der Waals surface area (Å²) >= 11 is 5.95. The minimum atomic E-state index is -4.49. The lowest BCUT2D eigenvalue weighted by Crippen LogP contribution is -2.25. The van der Waals surface area contributed by atoms with E-state index in [1.807, 2.05) is 0 Å². The quantitative estimate of drug-likeness (QED) is 0.888. The third kappa shape index (κ3) is 5.11. The number of benzene rings is 1. The predicted octanol–water partition coefficient (Wildman–Crippen LogP) is 2.98. The molecule has 1 N–H and O–H groups in total. The van der Waals surface area contributed by atoms with E-state index in [0.29, 0.717) is 18.7 Å². The van der Waals surface area contributed by atoms with Gasteiger partial charge < -0.3 is 15.0 Å². The summed E-state index contributed by atoms with van der Waals surface area (Å²) in [7, 11) is 0. The Morgan fingerprint density at radius 3 is 2.74 bits per heavy atom. The van der Waals surface area contributed by atoms with Gasteiger partial charge in [-0.05, 0) is 24.6 Å². The number of ether oxygens (including phenoxy) is 1. The van der Waals surface area contributed by atoms with Gasteiger partial charge >= 0.3 is 6.18 Å². The standard InChI is InChI=1S/C14H14ClF3N2O3/c15-10-4-3-9(20-5-1-2-13(20)22)6-11(10)19-12(21)7-23-8-14(16,17)18/h3-4,6H,1-2,5,7-8H2,(H,19,21). The lowest BCUT2D eigenvalue weighted by atomic mass is 10.2. The van der Waals surface area contributed by atoms with E-state index in [-0.39, 0.29) is 16.6 Å². The van der Waals surface area contributed by atoms with E-state index < -0.39 is 25.3 Å². The molecule has 0 spiro atoms. The highest BCUT2D eigenvalue weighted by molar-refractivity contribution is 6.33. The second kappa shape index (κ2) is 7.18. The van der Waals surface area contributed by atoms with Crippen LogP contribution in [0.3, 0.4) is 0 Å². The van der Waals surface area contributed by atoms with E-state index in [2.05, 4.69) is 10.1 Å². The first-order chi connectivity index (χ1) is 10.8. The molecule has 23 heavy (non-hydrogen) atoms. The zero-order valence-electron chi connectivity index (χ0n) is 12.0. The zero-order valence-corrected chi connectivity index (χ0v) is 12.7. The van der Waals surface area contributed by atoms with Crippen molar-refractivity contribution in [3.63, 3.8) is 0 Å². The van der Waals surface area contributed by atoms with Gasteiger partial charge in [-0.15, -0.1) is 0 Å². The van der Waals surface area contributed by atoms with Gasteiger partial charge in [0.05, 0.1) is 10.7 Å². The molecule has 1 aromatic rings. The van der Waals surface area contributed by atoms with E-state index in [0.717, 1.165) is 6.42 Å². The Morgan fingerprint density at radius 2 is 2.13 bits per heavy atom. The summed E-state index contributed by atoms with van der Waals surface area (Å²) in [5.74, 6) is -0.792. The summed E-state index contributed by atoms with van der Waals surface area (Å²) in [6.45, 7) is -1.68. The molecule has 1 aliphatic heterocycles. The second-order valence-corrected chi connectivity index (χ2v) is 5.38. The fourth-order valence-corrected chi connectivity index (χ4v) is 2.31. The van der Waals surface area contributed by atoms with Crippen LogP contribution in [-0.2, 0) is 14.3 Å². The Labute approximate surface area is 135 Å². The molecule has 126 valence electrons. The number of carbonyl (C=O) groups excluding carboxylic acids is 2. The first kappa shape index (κ1) is 17.6. The molecule has 1 aromatic carbocycles. The molecule has 9 heteroatoms. The van der Waals surface area contributed by atoms with Crippen molar-refractivity contribution in [2.75, 3.05) is 30.0 Å². The highest BCUT2D eigenvalue weighted by atomic mass is 35.5. The molecule has 0 aromatic heterocycles. The van der Waals surface area contributed by atoms with Gasteiger partial charge in [0.15, 0.2) is 0 Å². The number of rotatable bonds is 5. The maximum atomic E-state index is 11.9. The third-order valence-corrected chi connectivity index (χ3v) is 3.44. The molecule has 1 fully saturated rings. The van der Waals surface area contributed by atoms with Crippen molar-refractivity contribution in [3.8, 4) is 0 Å². The summed E-state index contributed by atoms with van der Waals surface area (Å²) in [5, 5.41) is 2.59. The van der Waals surface area contributed by atoms with E-state index in [4.69, 9.17) is 11.6 Å². The van der Waals surface area contributed by atoms with Gasteiger partial charge in [-0.25, -0.2) is 0 Å². The Kier molecular flexibility index (Phi) is 5.48. The van der Waals surface area contributed by atoms with Crippen molar-refractivity contribution >= 4 is 34.8 Å². The van der Waals surface area contributed by atoms with Gasteiger partial charge in [0.2, 0.25) is 11.8 Å². The van der Waals surface area contributed by atoms with Crippen LogP contribution in [0.5, 0.6) is 0 Å². The fraction of sp³-hybridized carbons (Fsp3) is 0.429. The molecule has 0 bridgehead atoms. The van der Waals surface area contributed by atoms with Crippen LogP contribution in [0.15, 0.2) is 18.2 Å². The Hall–Kier alpha value is -1.80. The minimum absolute atomic E-state index is 0.0295. The Bertz CT molecular complexity index is 607. The first-order valence-electron chi connectivity index (χ1n) is 6.80. The Balaban J connectivity index is 1.99. The van der Waals surface area contributed by atoms with E-state index >= 15 is 0 Å². The highest BCUT2D eigenvalue weighted by Gasteiger charge is 2.28. The van der Waals surface area contributed by atoms with Crippen LogP contribution in [0.4, 0.5) is 24.5 Å². The summed E-state index contributed by atoms with van der Waals surface area (Å²) in [6, 6.07) is 4.66. The summed E-state index contributed by atoms with van der Waals surface area (Å²) in [6.07, 6.45) is -3.29. The molecule has 1 aliphatic rings. The molecule has 0 atom stereocenters. The Morgan fingerprint density at radius 1 is 1.39 bits per heavy atom. The van der Waals surface area contributed by atoms with Gasteiger partial charge in [-0.2, -0.15) is 13.2 Å². The molecular formula is C14H14ClF3N2O3. The zero-order chi connectivity index (χ0) is 17.0. The number of hydrogen-bond acceptors (Lipinski definition) is 3. The lowest BCUT2D eigenvalue weighted by molar-refractivity contribution is -0.174. The molecule has 5 nitrogen and oxygen atoms in total. The van der Waals surface area contributed by atoms with Crippen molar-refractivity contribution in [2.24, 2.45) is 0 Å². The number of hydrogen-bond donors (Lipinski definition) is 1. The molecule has 0 unspecified atom stereocenters. The van der Waals surface area contributed by atoms with Crippen LogP contribution >= 0.6 is 11.6 Å². The molecule has 0 saturated carbocycles. The van der Waals surface area contributed by atoms with Crippen molar-refractivity contribution in [1.29, 1.82) is 0 Å². The molecule has 0 radical (unpaired) electrons. The maximum Gasteiger partial charge on any atom is 0.411 e. The van der Waals surface area contributed by atoms with Gasteiger partial charge in [0.25, 0.3) is 0 Å². The number of alkyl halides is 3. The van der Waals surface area contributed by atoms with Crippen LogP contribution in [0, 0.1) is 0 Å². The van der Waals surface area contributed by atoms with Crippen molar-refractivity contribution < 1.29 is 27.5 Å². The largest absolute Gasteiger partial charge is 0.411 e. The SMILES string of the molecule is O=C(COCC(F)(F)F)Nc1cc(N2CCCC2=O)ccc1Cl. The molecule has 2 rings (SSSR count). The second-order valence-electron chi connectivity index (χ2n) is 4.97. The smallest absolute Gasteiger partial charge is 0.362 e. The number of halogens is 4. The molecule has 1 heterocycles. The first-order valence-corrected chi connectivity index (χ1v) is 7.18. The van der Waals surface area contributed by atoms with E-state index in [9.17, 15) is 22.8 Å². The predicted molar refractivity (Wildman–Crippen MR) is 78.5 cm³/mol. The average molecular weight is 351 g/mol. The van der Waals surface area contributed by atoms with Crippen molar-refractivity contribution in [2.45, 2.75) is 19.0 Å². The van der Waals surface area contributed by atoms with Gasteiger partial charge in [0.1, 0.15) is 13.2 Å². The monoisotopic (exact) mass is 350 g/mol. The number of nitrogens with one attached hydrogen (secondary N) is 1. The van der Waals surface area contributed by atoms with E-state index in [1.54, 1.807) is 11.0 Å². The van der Waals surface area contributed by atoms with Crippen LogP contribution in [0.1, 0.15) is 12.8 Å². The molecule has 0 aliphatic carbocycles. The average Bonchev–Trinajstić information content (AvgIpc) is 2.86. The van der Waals surface area contributed by atoms with Crippen molar-refractivity contribution in [1.82, 2.24) is 0 Å². The van der Waals surface area contributed by atoms with Crippen LogP contribution < -0.4 is 10.2 Å². The highest BCUT2D eigenvalue weighted by Crippen LogP contribution is 2.29. The van der Waals surface area contributed by atoms with Gasteiger partial charge in [0, 0.05) is 18.7 Å². The minimum Gasteiger partial charge on any atom is -0.362 e. The van der Waals surface area contributed by atoms with Gasteiger partial charge in [-0.3, -0.25) is 9.59 Å². The third-order valence-electron chi connectivity index (χ3n) is 3.11. The van der Waals surface area contributed by atoms with Crippen LogP contribution in [0.25, 0.3) is 0 Å². The normalized spacial score (nSPS) is 15.1. The number of carbonyl (C=O) groups is 2.